The van der Waals surface area contributed by atoms with E-state index >= 15 is 0 Å². The maximum Gasteiger partial charge on any atom is 0.264 e. The monoisotopic (exact) mass is 430 g/mol. The average Bonchev–Trinajstić information content (AvgIpc) is 2.74. The normalized spacial score (nSPS) is 11.2. The van der Waals surface area contributed by atoms with Crippen molar-refractivity contribution in [3.8, 4) is 0 Å². The van der Waals surface area contributed by atoms with E-state index < -0.39 is 27.6 Å². The quantitative estimate of drug-likeness (QED) is 0.606. The fourth-order valence-corrected chi connectivity index (χ4v) is 4.12. The molecule has 0 fully saturated rings. The van der Waals surface area contributed by atoms with Crippen LogP contribution in [-0.4, -0.2) is 21.4 Å². The van der Waals surface area contributed by atoms with Crippen molar-refractivity contribution in [2.45, 2.75) is 17.7 Å². The Labute approximate surface area is 174 Å². The SMILES string of the molecule is CN(c1ccccc1)S(=O)(=O)c1cccc(NC(=O)CCc2cc(F)ccc2F)c1. The molecule has 0 heterocycles. The van der Waals surface area contributed by atoms with Gasteiger partial charge in [-0.15, -0.1) is 0 Å². The molecule has 8 heteroatoms. The van der Waals surface area contributed by atoms with Gasteiger partial charge in [-0.25, -0.2) is 17.2 Å². The van der Waals surface area contributed by atoms with E-state index in [-0.39, 0.29) is 23.3 Å². The number of aryl methyl sites for hydroxylation is 1. The molecule has 0 aliphatic carbocycles. The zero-order valence-electron chi connectivity index (χ0n) is 16.2. The number of hydrogen-bond acceptors (Lipinski definition) is 3. The van der Waals surface area contributed by atoms with Crippen LogP contribution >= 0.6 is 0 Å². The Kier molecular flexibility index (Phi) is 6.47. The highest BCUT2D eigenvalue weighted by Gasteiger charge is 2.21. The van der Waals surface area contributed by atoms with Crippen LogP contribution < -0.4 is 9.62 Å². The highest BCUT2D eigenvalue weighted by Crippen LogP contribution is 2.24. The maximum atomic E-state index is 13.7. The van der Waals surface area contributed by atoms with Gasteiger partial charge in [0.25, 0.3) is 10.0 Å². The number of nitrogens with zero attached hydrogens (tertiary/aromatic N) is 1. The summed E-state index contributed by atoms with van der Waals surface area (Å²) in [5, 5.41) is 2.60. The molecule has 0 saturated carbocycles. The van der Waals surface area contributed by atoms with Crippen LogP contribution in [-0.2, 0) is 21.2 Å². The number of carbonyl (C=O) groups excluding carboxylic acids is 1. The molecule has 0 radical (unpaired) electrons. The molecule has 3 aromatic carbocycles. The first-order valence-electron chi connectivity index (χ1n) is 9.15. The summed E-state index contributed by atoms with van der Waals surface area (Å²) in [5.41, 5.74) is 0.900. The molecule has 0 aliphatic heterocycles. The summed E-state index contributed by atoms with van der Waals surface area (Å²) in [6, 6.07) is 17.6. The molecule has 0 bridgehead atoms. The first-order chi connectivity index (χ1) is 14.3. The number of sulfonamides is 1. The molecule has 0 unspecified atom stereocenters. The number of nitrogens with one attached hydrogen (secondary N) is 1. The highest BCUT2D eigenvalue weighted by atomic mass is 32.2. The van der Waals surface area contributed by atoms with Crippen molar-refractivity contribution in [3.63, 3.8) is 0 Å². The largest absolute Gasteiger partial charge is 0.326 e. The van der Waals surface area contributed by atoms with Crippen molar-refractivity contribution in [1.82, 2.24) is 0 Å². The Bertz CT molecular complexity index is 1150. The van der Waals surface area contributed by atoms with Gasteiger partial charge in [0.05, 0.1) is 10.6 Å². The third kappa shape index (κ3) is 5.01. The minimum Gasteiger partial charge on any atom is -0.326 e. The van der Waals surface area contributed by atoms with Crippen molar-refractivity contribution in [2.24, 2.45) is 0 Å². The van der Waals surface area contributed by atoms with Gasteiger partial charge in [-0.2, -0.15) is 0 Å². The molecule has 156 valence electrons. The lowest BCUT2D eigenvalue weighted by Gasteiger charge is -2.19. The zero-order chi connectivity index (χ0) is 21.7. The topological polar surface area (TPSA) is 66.5 Å². The van der Waals surface area contributed by atoms with Crippen LogP contribution in [0.3, 0.4) is 0 Å². The molecule has 1 N–H and O–H groups in total. The van der Waals surface area contributed by atoms with E-state index in [2.05, 4.69) is 5.32 Å². The van der Waals surface area contributed by atoms with Crippen LogP contribution in [0.1, 0.15) is 12.0 Å². The summed E-state index contributed by atoms with van der Waals surface area (Å²) in [5.74, 6) is -1.60. The summed E-state index contributed by atoms with van der Waals surface area (Å²) in [6.45, 7) is 0. The number of anilines is 2. The smallest absolute Gasteiger partial charge is 0.264 e. The molecule has 30 heavy (non-hydrogen) atoms. The molecule has 3 aromatic rings. The van der Waals surface area contributed by atoms with Crippen molar-refractivity contribution in [2.75, 3.05) is 16.7 Å². The second-order valence-electron chi connectivity index (χ2n) is 6.62. The summed E-state index contributed by atoms with van der Waals surface area (Å²) in [7, 11) is -2.38. The first-order valence-corrected chi connectivity index (χ1v) is 10.6. The average molecular weight is 430 g/mol. The van der Waals surface area contributed by atoms with E-state index in [9.17, 15) is 22.0 Å². The number of hydrogen-bond donors (Lipinski definition) is 1. The number of halogens is 2. The second kappa shape index (κ2) is 9.04. The molecule has 3 rings (SSSR count). The molecule has 0 atom stereocenters. The van der Waals surface area contributed by atoms with E-state index in [0.717, 1.165) is 22.5 Å². The molecule has 5 nitrogen and oxygen atoms in total. The Balaban J connectivity index is 1.70. The zero-order valence-corrected chi connectivity index (χ0v) is 17.0. The maximum absolute atomic E-state index is 13.7. The predicted octanol–water partition coefficient (Wildman–Crippen LogP) is 4.36. The standard InChI is InChI=1S/C22H20F2N2O3S/c1-26(19-7-3-2-4-8-19)30(28,29)20-9-5-6-18(15-20)25-22(27)13-10-16-14-17(23)11-12-21(16)24/h2-9,11-12,14-15H,10,13H2,1H3,(H,25,27). The van der Waals surface area contributed by atoms with Gasteiger partial charge >= 0.3 is 0 Å². The van der Waals surface area contributed by atoms with E-state index in [1.54, 1.807) is 36.4 Å². The van der Waals surface area contributed by atoms with Gasteiger partial charge in [0.15, 0.2) is 0 Å². The van der Waals surface area contributed by atoms with Crippen molar-refractivity contribution < 1.29 is 22.0 Å². The Hall–Kier alpha value is -3.26. The highest BCUT2D eigenvalue weighted by molar-refractivity contribution is 7.92. The van der Waals surface area contributed by atoms with Gasteiger partial charge in [0.2, 0.25) is 5.91 Å². The number of amides is 1. The molecular weight excluding hydrogens is 410 g/mol. The van der Waals surface area contributed by atoms with Gasteiger partial charge in [-0.3, -0.25) is 9.10 Å². The van der Waals surface area contributed by atoms with E-state index in [1.807, 2.05) is 0 Å². The van der Waals surface area contributed by atoms with Crippen molar-refractivity contribution in [3.05, 3.63) is 90.0 Å². The summed E-state index contributed by atoms with van der Waals surface area (Å²) in [4.78, 5) is 12.2. The van der Waals surface area contributed by atoms with Crippen LogP contribution in [0, 0.1) is 11.6 Å². The van der Waals surface area contributed by atoms with Gasteiger partial charge in [-0.1, -0.05) is 24.3 Å². The minimum atomic E-state index is -3.83. The third-order valence-electron chi connectivity index (χ3n) is 4.53. The summed E-state index contributed by atoms with van der Waals surface area (Å²) >= 11 is 0. The third-order valence-corrected chi connectivity index (χ3v) is 6.31. The van der Waals surface area contributed by atoms with Gasteiger partial charge in [0, 0.05) is 19.2 Å². The fourth-order valence-electron chi connectivity index (χ4n) is 2.88. The lowest BCUT2D eigenvalue weighted by atomic mass is 10.1. The molecule has 0 aromatic heterocycles. The van der Waals surface area contributed by atoms with Crippen molar-refractivity contribution in [1.29, 1.82) is 0 Å². The molecule has 0 aliphatic rings. The van der Waals surface area contributed by atoms with Gasteiger partial charge < -0.3 is 5.32 Å². The van der Waals surface area contributed by atoms with Crippen LogP contribution in [0.15, 0.2) is 77.7 Å². The van der Waals surface area contributed by atoms with Gasteiger partial charge in [0.1, 0.15) is 11.6 Å². The summed E-state index contributed by atoms with van der Waals surface area (Å²) in [6.07, 6.45) is -0.0641. The molecule has 0 saturated heterocycles. The minimum absolute atomic E-state index is 0.0165. The number of benzene rings is 3. The number of para-hydroxylation sites is 1. The number of carbonyl (C=O) groups is 1. The second-order valence-corrected chi connectivity index (χ2v) is 8.59. The predicted molar refractivity (Wildman–Crippen MR) is 112 cm³/mol. The van der Waals surface area contributed by atoms with Crippen LogP contribution in [0.2, 0.25) is 0 Å². The van der Waals surface area contributed by atoms with Crippen LogP contribution in [0.5, 0.6) is 0 Å². The Morgan fingerprint density at radius 1 is 0.967 bits per heavy atom. The van der Waals surface area contributed by atoms with E-state index in [4.69, 9.17) is 0 Å². The first kappa shape index (κ1) is 21.4. The Morgan fingerprint density at radius 3 is 2.43 bits per heavy atom. The molecule has 1 amide bonds. The van der Waals surface area contributed by atoms with Crippen molar-refractivity contribution >= 4 is 27.3 Å². The van der Waals surface area contributed by atoms with Crippen LogP contribution in [0.25, 0.3) is 0 Å². The Morgan fingerprint density at radius 2 is 1.70 bits per heavy atom. The van der Waals surface area contributed by atoms with E-state index in [0.29, 0.717) is 11.4 Å². The number of rotatable bonds is 7. The van der Waals surface area contributed by atoms with Gasteiger partial charge in [-0.05, 0) is 60.5 Å². The lowest BCUT2D eigenvalue weighted by Crippen LogP contribution is -2.26. The van der Waals surface area contributed by atoms with E-state index in [1.165, 1.54) is 25.2 Å². The molecule has 0 spiro atoms. The molecular formula is C22H20F2N2O3S. The fraction of sp³-hybridized carbons (Fsp3) is 0.136. The lowest BCUT2D eigenvalue weighted by molar-refractivity contribution is -0.116. The summed E-state index contributed by atoms with van der Waals surface area (Å²) < 4.78 is 53.8. The van der Waals surface area contributed by atoms with Crippen LogP contribution in [0.4, 0.5) is 20.2 Å².